The van der Waals surface area contributed by atoms with Gasteiger partial charge in [0.2, 0.25) is 10.0 Å². The van der Waals surface area contributed by atoms with Crippen LogP contribution in [-0.4, -0.2) is 37.8 Å². The van der Waals surface area contributed by atoms with Crippen LogP contribution in [0.2, 0.25) is 5.02 Å². The zero-order chi connectivity index (χ0) is 21.4. The zero-order valence-electron chi connectivity index (χ0n) is 16.9. The van der Waals surface area contributed by atoms with Crippen molar-refractivity contribution in [1.29, 1.82) is 0 Å². The highest BCUT2D eigenvalue weighted by Gasteiger charge is 2.23. The van der Waals surface area contributed by atoms with Gasteiger partial charge in [-0.2, -0.15) is 4.31 Å². The Bertz CT molecular complexity index is 911. The van der Waals surface area contributed by atoms with Gasteiger partial charge in [0, 0.05) is 18.8 Å². The molecule has 2 rings (SSSR count). The number of amides is 1. The van der Waals surface area contributed by atoms with E-state index < -0.39 is 16.1 Å². The number of ether oxygens (including phenoxy) is 1. The average molecular weight is 439 g/mol. The fourth-order valence-corrected chi connectivity index (χ4v) is 4.54. The lowest BCUT2D eigenvalue weighted by molar-refractivity contribution is -0.122. The Morgan fingerprint density at radius 2 is 1.66 bits per heavy atom. The molecule has 1 unspecified atom stereocenters. The fourth-order valence-electron chi connectivity index (χ4n) is 2.74. The van der Waals surface area contributed by atoms with Crippen LogP contribution in [0.4, 0.5) is 5.69 Å². The van der Waals surface area contributed by atoms with E-state index in [1.807, 2.05) is 13.8 Å². The lowest BCUT2D eigenvalue weighted by Gasteiger charge is -2.21. The predicted molar refractivity (Wildman–Crippen MR) is 116 cm³/mol. The van der Waals surface area contributed by atoms with Crippen molar-refractivity contribution in [2.24, 2.45) is 0 Å². The molecule has 0 heterocycles. The van der Waals surface area contributed by atoms with E-state index in [1.165, 1.54) is 16.4 Å². The van der Waals surface area contributed by atoms with E-state index in [2.05, 4.69) is 5.32 Å². The second-order valence-corrected chi connectivity index (χ2v) is 8.95. The van der Waals surface area contributed by atoms with Crippen molar-refractivity contribution in [3.8, 4) is 5.75 Å². The van der Waals surface area contributed by atoms with Crippen LogP contribution in [0.1, 0.15) is 33.6 Å². The molecule has 0 aliphatic rings. The van der Waals surface area contributed by atoms with Gasteiger partial charge in [-0.3, -0.25) is 4.79 Å². The van der Waals surface area contributed by atoms with Crippen molar-refractivity contribution in [1.82, 2.24) is 4.31 Å². The number of carbonyl (C=O) groups excluding carboxylic acids is 1. The first-order valence-corrected chi connectivity index (χ1v) is 11.4. The highest BCUT2D eigenvalue weighted by Crippen LogP contribution is 2.25. The van der Waals surface area contributed by atoms with Crippen LogP contribution in [0.3, 0.4) is 0 Å². The second kappa shape index (κ2) is 10.6. The van der Waals surface area contributed by atoms with E-state index in [9.17, 15) is 13.2 Å². The number of sulfonamides is 1. The number of anilines is 1. The molecule has 29 heavy (non-hydrogen) atoms. The molecule has 2 aromatic rings. The summed E-state index contributed by atoms with van der Waals surface area (Å²) in [7, 11) is -3.55. The number of benzene rings is 2. The Balaban J connectivity index is 2.06. The van der Waals surface area contributed by atoms with Gasteiger partial charge < -0.3 is 10.1 Å². The maximum absolute atomic E-state index is 12.8. The van der Waals surface area contributed by atoms with E-state index in [-0.39, 0.29) is 10.8 Å². The van der Waals surface area contributed by atoms with Gasteiger partial charge in [-0.15, -0.1) is 0 Å². The van der Waals surface area contributed by atoms with Crippen LogP contribution in [0.25, 0.3) is 0 Å². The van der Waals surface area contributed by atoms with Crippen LogP contribution in [0, 0.1) is 0 Å². The minimum atomic E-state index is -3.55. The molecule has 0 aromatic heterocycles. The highest BCUT2D eigenvalue weighted by atomic mass is 35.5. The van der Waals surface area contributed by atoms with Crippen LogP contribution in [-0.2, 0) is 14.8 Å². The Hall–Kier alpha value is -2.09. The molecule has 1 amide bonds. The van der Waals surface area contributed by atoms with Gasteiger partial charge in [-0.25, -0.2) is 8.42 Å². The van der Waals surface area contributed by atoms with Crippen molar-refractivity contribution >= 4 is 33.2 Å². The Morgan fingerprint density at radius 1 is 1.07 bits per heavy atom. The monoisotopic (exact) mass is 438 g/mol. The molecule has 158 valence electrons. The summed E-state index contributed by atoms with van der Waals surface area (Å²) in [6, 6.07) is 13.1. The Labute approximate surface area is 177 Å². The summed E-state index contributed by atoms with van der Waals surface area (Å²) >= 11 is 6.05. The first kappa shape index (κ1) is 23.2. The third kappa shape index (κ3) is 6.19. The molecule has 1 atom stereocenters. The second-order valence-electron chi connectivity index (χ2n) is 6.61. The third-order valence-corrected chi connectivity index (χ3v) is 6.44. The van der Waals surface area contributed by atoms with Gasteiger partial charge in [-0.05, 0) is 56.2 Å². The molecular formula is C21H27ClN2O4S. The number of para-hydroxylation sites is 1. The van der Waals surface area contributed by atoms with E-state index in [0.29, 0.717) is 29.5 Å². The van der Waals surface area contributed by atoms with E-state index in [4.69, 9.17) is 16.3 Å². The molecule has 8 heteroatoms. The number of halogens is 1. The summed E-state index contributed by atoms with van der Waals surface area (Å²) in [4.78, 5) is 12.6. The highest BCUT2D eigenvalue weighted by molar-refractivity contribution is 7.89. The van der Waals surface area contributed by atoms with Crippen molar-refractivity contribution in [2.75, 3.05) is 18.4 Å². The third-order valence-electron chi connectivity index (χ3n) is 4.22. The molecule has 0 bridgehead atoms. The number of nitrogens with zero attached hydrogens (tertiary/aromatic N) is 1. The average Bonchev–Trinajstić information content (AvgIpc) is 2.70. The quantitative estimate of drug-likeness (QED) is 0.590. The molecule has 0 aliphatic heterocycles. The zero-order valence-corrected chi connectivity index (χ0v) is 18.5. The first-order chi connectivity index (χ1) is 13.8. The lowest BCUT2D eigenvalue weighted by Crippen LogP contribution is -2.32. The van der Waals surface area contributed by atoms with Crippen LogP contribution < -0.4 is 10.1 Å². The van der Waals surface area contributed by atoms with Crippen molar-refractivity contribution in [3.63, 3.8) is 0 Å². The summed E-state index contributed by atoms with van der Waals surface area (Å²) < 4.78 is 32.7. The molecular weight excluding hydrogens is 412 g/mol. The maximum atomic E-state index is 12.8. The number of hydrogen-bond donors (Lipinski definition) is 1. The van der Waals surface area contributed by atoms with Gasteiger partial charge in [0.1, 0.15) is 5.75 Å². The van der Waals surface area contributed by atoms with Crippen molar-refractivity contribution < 1.29 is 17.9 Å². The topological polar surface area (TPSA) is 75.7 Å². The minimum absolute atomic E-state index is 0.206. The molecule has 1 N–H and O–H groups in total. The van der Waals surface area contributed by atoms with E-state index >= 15 is 0 Å². The Kier molecular flexibility index (Phi) is 8.49. The molecule has 0 aliphatic carbocycles. The molecule has 2 aromatic carbocycles. The summed E-state index contributed by atoms with van der Waals surface area (Å²) in [6.45, 7) is 6.47. The molecule has 6 nitrogen and oxygen atoms in total. The van der Waals surface area contributed by atoms with E-state index in [1.54, 1.807) is 43.3 Å². The molecule has 0 saturated heterocycles. The van der Waals surface area contributed by atoms with Gasteiger partial charge in [0.25, 0.3) is 5.91 Å². The smallest absolute Gasteiger partial charge is 0.265 e. The maximum Gasteiger partial charge on any atom is 0.265 e. The van der Waals surface area contributed by atoms with Crippen molar-refractivity contribution in [3.05, 3.63) is 53.6 Å². The van der Waals surface area contributed by atoms with Gasteiger partial charge in [0.15, 0.2) is 6.10 Å². The Morgan fingerprint density at radius 3 is 2.21 bits per heavy atom. The summed E-state index contributed by atoms with van der Waals surface area (Å²) in [5.41, 5.74) is 0.487. The van der Waals surface area contributed by atoms with Crippen LogP contribution in [0.15, 0.2) is 53.4 Å². The standard InChI is InChI=1S/C21H27ClN2O4S/c1-4-14-24(15-5-2)29(26,27)18-12-10-17(11-13-18)23-21(25)16(3)28-20-9-7-6-8-19(20)22/h6-13,16H,4-5,14-15H2,1-3H3,(H,23,25). The SMILES string of the molecule is CCCN(CCC)S(=O)(=O)c1ccc(NC(=O)C(C)Oc2ccccc2Cl)cc1. The summed E-state index contributed by atoms with van der Waals surface area (Å²) in [5.74, 6) is 0.0596. The van der Waals surface area contributed by atoms with Gasteiger partial charge >= 0.3 is 0 Å². The minimum Gasteiger partial charge on any atom is -0.479 e. The van der Waals surface area contributed by atoms with Crippen LogP contribution in [0.5, 0.6) is 5.75 Å². The fraction of sp³-hybridized carbons (Fsp3) is 0.381. The lowest BCUT2D eigenvalue weighted by atomic mass is 10.3. The normalized spacial score (nSPS) is 12.6. The number of rotatable bonds is 10. The predicted octanol–water partition coefficient (Wildman–Crippen LogP) is 4.56. The molecule has 0 spiro atoms. The molecule has 0 fully saturated rings. The van der Waals surface area contributed by atoms with Gasteiger partial charge in [0.05, 0.1) is 9.92 Å². The number of hydrogen-bond acceptors (Lipinski definition) is 4. The molecule has 0 saturated carbocycles. The van der Waals surface area contributed by atoms with Crippen molar-refractivity contribution in [2.45, 2.75) is 44.6 Å². The molecule has 0 radical (unpaired) electrons. The summed E-state index contributed by atoms with van der Waals surface area (Å²) in [6.07, 6.45) is 0.718. The number of nitrogens with one attached hydrogen (secondary N) is 1. The summed E-state index contributed by atoms with van der Waals surface area (Å²) in [5, 5.41) is 3.15. The van der Waals surface area contributed by atoms with Crippen LogP contribution >= 0.6 is 11.6 Å². The van der Waals surface area contributed by atoms with E-state index in [0.717, 1.165) is 12.8 Å². The van der Waals surface area contributed by atoms with Gasteiger partial charge in [-0.1, -0.05) is 37.6 Å². The first-order valence-electron chi connectivity index (χ1n) is 9.61. The largest absolute Gasteiger partial charge is 0.479 e. The number of carbonyl (C=O) groups is 1.